The Labute approximate surface area is 145 Å². The molecule has 2 aromatic carbocycles. The normalized spacial score (nSPS) is 12.9. The van der Waals surface area contributed by atoms with E-state index >= 15 is 0 Å². The molecule has 5 nitrogen and oxygen atoms in total. The van der Waals surface area contributed by atoms with Crippen LogP contribution in [0.1, 0.15) is 24.5 Å². The molecule has 0 heterocycles. The molecule has 0 aromatic heterocycles. The quantitative estimate of drug-likeness (QED) is 0.809. The lowest BCUT2D eigenvalue weighted by molar-refractivity contribution is -0.139. The van der Waals surface area contributed by atoms with Crippen LogP contribution in [0.5, 0.6) is 5.75 Å². The zero-order chi connectivity index (χ0) is 18.4. The zero-order valence-electron chi connectivity index (χ0n) is 14.1. The third kappa shape index (κ3) is 4.79. The van der Waals surface area contributed by atoms with E-state index in [1.54, 1.807) is 43.3 Å². The van der Waals surface area contributed by atoms with E-state index in [-0.39, 0.29) is 18.4 Å². The van der Waals surface area contributed by atoms with Crippen molar-refractivity contribution in [3.63, 3.8) is 0 Å². The van der Waals surface area contributed by atoms with Gasteiger partial charge in [-0.05, 0) is 36.2 Å². The zero-order valence-corrected chi connectivity index (χ0v) is 14.1. The van der Waals surface area contributed by atoms with Crippen LogP contribution in [0.2, 0.25) is 0 Å². The van der Waals surface area contributed by atoms with Crippen LogP contribution in [0.25, 0.3) is 0 Å². The largest absolute Gasteiger partial charge is 0.497 e. The van der Waals surface area contributed by atoms with Crippen molar-refractivity contribution in [2.45, 2.75) is 25.3 Å². The second-order valence-electron chi connectivity index (χ2n) is 5.95. The molecule has 0 aliphatic rings. The minimum absolute atomic E-state index is 0.175. The first kappa shape index (κ1) is 18.4. The number of halogens is 1. The van der Waals surface area contributed by atoms with E-state index in [4.69, 9.17) is 4.74 Å². The molecule has 0 radical (unpaired) electrons. The van der Waals surface area contributed by atoms with Crippen molar-refractivity contribution in [2.24, 2.45) is 0 Å². The topological polar surface area (TPSA) is 75.6 Å². The number of nitrogens with one attached hydrogen (secondary N) is 1. The van der Waals surface area contributed by atoms with Gasteiger partial charge in [-0.2, -0.15) is 0 Å². The summed E-state index contributed by atoms with van der Waals surface area (Å²) in [5.41, 5.74) is -0.303. The van der Waals surface area contributed by atoms with Gasteiger partial charge in [0.15, 0.2) is 0 Å². The number of carbonyl (C=O) groups is 2. The van der Waals surface area contributed by atoms with E-state index in [0.29, 0.717) is 11.3 Å². The fourth-order valence-corrected chi connectivity index (χ4v) is 2.65. The molecule has 132 valence electrons. The summed E-state index contributed by atoms with van der Waals surface area (Å²) in [5.74, 6) is -1.44. The predicted molar refractivity (Wildman–Crippen MR) is 90.8 cm³/mol. The van der Waals surface area contributed by atoms with Crippen molar-refractivity contribution in [1.82, 2.24) is 5.32 Å². The van der Waals surface area contributed by atoms with Crippen molar-refractivity contribution in [1.29, 1.82) is 0 Å². The predicted octanol–water partition coefficient (Wildman–Crippen LogP) is 2.88. The number of amides is 1. The molecule has 1 unspecified atom stereocenters. The van der Waals surface area contributed by atoms with E-state index in [1.165, 1.54) is 19.2 Å². The third-order valence-corrected chi connectivity index (χ3v) is 3.94. The Morgan fingerprint density at radius 1 is 1.20 bits per heavy atom. The van der Waals surface area contributed by atoms with Gasteiger partial charge < -0.3 is 15.2 Å². The maximum atomic E-state index is 13.7. The molecule has 25 heavy (non-hydrogen) atoms. The van der Waals surface area contributed by atoms with Crippen LogP contribution in [-0.4, -0.2) is 24.1 Å². The molecule has 0 fully saturated rings. The lowest BCUT2D eigenvalue weighted by Gasteiger charge is -2.30. The average molecular weight is 345 g/mol. The third-order valence-electron chi connectivity index (χ3n) is 3.94. The molecule has 0 saturated carbocycles. The Morgan fingerprint density at radius 2 is 1.92 bits per heavy atom. The average Bonchev–Trinajstić information content (AvgIpc) is 2.56. The second kappa shape index (κ2) is 7.79. The lowest BCUT2D eigenvalue weighted by atomic mass is 9.88. The van der Waals surface area contributed by atoms with Crippen LogP contribution in [0, 0.1) is 5.82 Å². The molecular formula is C19H20FNO4. The summed E-state index contributed by atoms with van der Waals surface area (Å²) >= 11 is 0. The number of ether oxygens (including phenoxy) is 1. The molecule has 0 saturated heterocycles. The van der Waals surface area contributed by atoms with Gasteiger partial charge in [-0.25, -0.2) is 4.39 Å². The van der Waals surface area contributed by atoms with Gasteiger partial charge in [0.05, 0.1) is 25.5 Å². The molecule has 1 atom stereocenters. The monoisotopic (exact) mass is 345 g/mol. The summed E-state index contributed by atoms with van der Waals surface area (Å²) in [4.78, 5) is 23.7. The number of aliphatic carboxylic acids is 1. The molecule has 2 N–H and O–H groups in total. The van der Waals surface area contributed by atoms with Gasteiger partial charge in [-0.3, -0.25) is 9.59 Å². The summed E-state index contributed by atoms with van der Waals surface area (Å²) in [6, 6.07) is 12.8. The van der Waals surface area contributed by atoms with Crippen molar-refractivity contribution < 1.29 is 23.8 Å². The van der Waals surface area contributed by atoms with Gasteiger partial charge in [0, 0.05) is 0 Å². The first-order chi connectivity index (χ1) is 11.8. The Hall–Kier alpha value is -2.89. The smallest absolute Gasteiger partial charge is 0.306 e. The molecule has 2 aromatic rings. The van der Waals surface area contributed by atoms with Crippen LogP contribution in [0.4, 0.5) is 4.39 Å². The molecule has 0 bridgehead atoms. The minimum Gasteiger partial charge on any atom is -0.497 e. The molecule has 2 rings (SSSR count). The number of benzene rings is 2. The Morgan fingerprint density at radius 3 is 2.56 bits per heavy atom. The fraction of sp³-hybridized carbons (Fsp3) is 0.263. The number of hydrogen-bond acceptors (Lipinski definition) is 3. The summed E-state index contributed by atoms with van der Waals surface area (Å²) in [6.07, 6.45) is -0.491. The van der Waals surface area contributed by atoms with Crippen molar-refractivity contribution in [3.8, 4) is 5.75 Å². The van der Waals surface area contributed by atoms with Crippen LogP contribution >= 0.6 is 0 Å². The number of carboxylic acids is 1. The Balaban J connectivity index is 2.26. The number of hydrogen-bond donors (Lipinski definition) is 2. The van der Waals surface area contributed by atoms with Crippen LogP contribution in [-0.2, 0) is 21.5 Å². The van der Waals surface area contributed by atoms with Gasteiger partial charge >= 0.3 is 5.97 Å². The van der Waals surface area contributed by atoms with Crippen LogP contribution in [0.15, 0.2) is 48.5 Å². The Bertz CT molecular complexity index is 778. The molecule has 1 amide bonds. The van der Waals surface area contributed by atoms with Gasteiger partial charge in [0.2, 0.25) is 5.91 Å². The highest BCUT2D eigenvalue weighted by Crippen LogP contribution is 2.28. The highest BCUT2D eigenvalue weighted by molar-refractivity contribution is 5.81. The highest BCUT2D eigenvalue weighted by Gasteiger charge is 2.32. The van der Waals surface area contributed by atoms with E-state index in [1.807, 2.05) is 0 Å². The number of methoxy groups -OCH3 is 1. The number of carboxylic acid groups (broad SMARTS) is 1. The first-order valence-corrected chi connectivity index (χ1v) is 7.75. The Kier molecular flexibility index (Phi) is 5.75. The van der Waals surface area contributed by atoms with E-state index in [2.05, 4.69) is 5.32 Å². The summed E-state index contributed by atoms with van der Waals surface area (Å²) in [5, 5.41) is 12.0. The maximum Gasteiger partial charge on any atom is 0.306 e. The highest BCUT2D eigenvalue weighted by atomic mass is 19.1. The standard InChI is InChI=1S/C19H20FNO4/c1-19(12-18(23)24,14-7-5-8-15(11-14)25-2)21-17(22)10-13-6-3-4-9-16(13)20/h3-9,11H,10,12H2,1-2H3,(H,21,22)(H,23,24). The maximum absolute atomic E-state index is 13.7. The van der Waals surface area contributed by atoms with Crippen LogP contribution in [0.3, 0.4) is 0 Å². The molecular weight excluding hydrogens is 325 g/mol. The summed E-state index contributed by atoms with van der Waals surface area (Å²) < 4.78 is 18.9. The minimum atomic E-state index is -1.15. The molecule has 6 heteroatoms. The van der Waals surface area contributed by atoms with Crippen molar-refractivity contribution >= 4 is 11.9 Å². The second-order valence-corrected chi connectivity index (χ2v) is 5.95. The van der Waals surface area contributed by atoms with Gasteiger partial charge in [0.25, 0.3) is 0 Å². The number of carbonyl (C=O) groups excluding carboxylic acids is 1. The number of rotatable bonds is 7. The summed E-state index contributed by atoms with van der Waals surface area (Å²) in [6.45, 7) is 1.62. The van der Waals surface area contributed by atoms with Crippen molar-refractivity contribution in [2.75, 3.05) is 7.11 Å². The molecule has 0 aliphatic heterocycles. The lowest BCUT2D eigenvalue weighted by Crippen LogP contribution is -2.45. The van der Waals surface area contributed by atoms with E-state index < -0.39 is 23.2 Å². The van der Waals surface area contributed by atoms with E-state index in [0.717, 1.165) is 0 Å². The van der Waals surface area contributed by atoms with Gasteiger partial charge in [0.1, 0.15) is 11.6 Å². The molecule has 0 aliphatic carbocycles. The van der Waals surface area contributed by atoms with E-state index in [9.17, 15) is 19.1 Å². The van der Waals surface area contributed by atoms with Crippen LogP contribution < -0.4 is 10.1 Å². The SMILES string of the molecule is COc1cccc(C(C)(CC(=O)O)NC(=O)Cc2ccccc2F)c1. The molecule has 0 spiro atoms. The first-order valence-electron chi connectivity index (χ1n) is 7.75. The fourth-order valence-electron chi connectivity index (χ4n) is 2.65. The van der Waals surface area contributed by atoms with Gasteiger partial charge in [-0.15, -0.1) is 0 Å². The van der Waals surface area contributed by atoms with Crippen molar-refractivity contribution in [3.05, 3.63) is 65.5 Å². The van der Waals surface area contributed by atoms with Gasteiger partial charge in [-0.1, -0.05) is 30.3 Å². The summed E-state index contributed by atoms with van der Waals surface area (Å²) in [7, 11) is 1.50.